The van der Waals surface area contributed by atoms with Crippen molar-refractivity contribution in [2.75, 3.05) is 6.16 Å². The Morgan fingerprint density at radius 2 is 1.53 bits per heavy atom. The summed E-state index contributed by atoms with van der Waals surface area (Å²) in [6.45, 7) is 0. The van der Waals surface area contributed by atoms with Gasteiger partial charge in [0.05, 0.1) is 6.16 Å². The van der Waals surface area contributed by atoms with Gasteiger partial charge in [0, 0.05) is 0 Å². The van der Waals surface area contributed by atoms with Crippen molar-refractivity contribution in [1.29, 1.82) is 0 Å². The summed E-state index contributed by atoms with van der Waals surface area (Å²) in [7, 11) is -6.86. The average molecular weight is 260 g/mol. The molecule has 8 heteroatoms. The van der Waals surface area contributed by atoms with Crippen LogP contribution in [-0.2, 0) is 9.13 Å². The highest BCUT2D eigenvalue weighted by Crippen LogP contribution is 2.40. The van der Waals surface area contributed by atoms with Crippen molar-refractivity contribution in [1.82, 2.24) is 0 Å². The molecule has 4 N–H and O–H groups in total. The first kappa shape index (κ1) is 15.3. The lowest BCUT2D eigenvalue weighted by Gasteiger charge is -2.21. The normalized spacial score (nSPS) is 18.5. The van der Waals surface area contributed by atoms with Gasteiger partial charge in [-0.3, -0.25) is 9.13 Å². The smallest absolute Gasteiger partial charge is 0.325 e. The topological polar surface area (TPSA) is 115 Å². The molecule has 0 spiro atoms. The van der Waals surface area contributed by atoms with Gasteiger partial charge in [-0.25, -0.2) is 0 Å². The summed E-state index contributed by atoms with van der Waals surface area (Å²) in [4.78, 5) is 31.7. The molecule has 0 aromatic rings. The fraction of sp³-hybridized carbons (Fsp3) is 1.00. The van der Waals surface area contributed by atoms with E-state index in [9.17, 15) is 4.57 Å². The SMILES string of the molecule is O=P(O)(O)CC1CCCCC1.O=[PH](O)O. The van der Waals surface area contributed by atoms with E-state index in [1.807, 2.05) is 0 Å². The van der Waals surface area contributed by atoms with E-state index in [0.29, 0.717) is 0 Å². The molecular weight excluding hydrogens is 242 g/mol. The van der Waals surface area contributed by atoms with Crippen molar-refractivity contribution < 1.29 is 28.7 Å². The van der Waals surface area contributed by atoms with Gasteiger partial charge in [0.1, 0.15) is 0 Å². The zero-order valence-electron chi connectivity index (χ0n) is 8.37. The third-order valence-electron chi connectivity index (χ3n) is 2.22. The molecule has 0 saturated heterocycles. The van der Waals surface area contributed by atoms with Gasteiger partial charge >= 0.3 is 15.9 Å². The predicted octanol–water partition coefficient (Wildman–Crippen LogP) is 1.11. The van der Waals surface area contributed by atoms with E-state index >= 15 is 0 Å². The van der Waals surface area contributed by atoms with Gasteiger partial charge in [0.2, 0.25) is 0 Å². The van der Waals surface area contributed by atoms with Crippen LogP contribution in [0.3, 0.4) is 0 Å². The van der Waals surface area contributed by atoms with Crippen molar-refractivity contribution in [3.63, 3.8) is 0 Å². The molecule has 1 aliphatic carbocycles. The molecule has 0 amide bonds. The molecule has 92 valence electrons. The summed E-state index contributed by atoms with van der Waals surface area (Å²) in [6.07, 6.45) is 5.64. The van der Waals surface area contributed by atoms with Crippen molar-refractivity contribution >= 4 is 15.9 Å². The van der Waals surface area contributed by atoms with E-state index in [-0.39, 0.29) is 12.1 Å². The van der Waals surface area contributed by atoms with Crippen molar-refractivity contribution in [2.45, 2.75) is 32.1 Å². The third-order valence-corrected chi connectivity index (χ3v) is 3.21. The quantitative estimate of drug-likeness (QED) is 0.553. The van der Waals surface area contributed by atoms with Crippen molar-refractivity contribution in [3.05, 3.63) is 0 Å². The molecule has 0 unspecified atom stereocenters. The molecule has 15 heavy (non-hydrogen) atoms. The molecule has 0 aromatic heterocycles. The Hall–Kier alpha value is 0.300. The Bertz CT molecular complexity index is 228. The van der Waals surface area contributed by atoms with Crippen LogP contribution in [0.1, 0.15) is 32.1 Å². The minimum absolute atomic E-state index is 0.104. The van der Waals surface area contributed by atoms with E-state index in [1.54, 1.807) is 0 Å². The Kier molecular flexibility index (Phi) is 7.70. The molecule has 1 rings (SSSR count). The molecule has 0 radical (unpaired) electrons. The minimum Gasteiger partial charge on any atom is -0.326 e. The van der Waals surface area contributed by atoms with Crippen LogP contribution < -0.4 is 0 Å². The Morgan fingerprint density at radius 1 is 1.13 bits per heavy atom. The highest BCUT2D eigenvalue weighted by molar-refractivity contribution is 7.51. The van der Waals surface area contributed by atoms with Crippen molar-refractivity contribution in [3.8, 4) is 0 Å². The highest BCUT2D eigenvalue weighted by Gasteiger charge is 2.22. The van der Waals surface area contributed by atoms with Crippen LogP contribution in [0.4, 0.5) is 0 Å². The first-order chi connectivity index (χ1) is 6.81. The second kappa shape index (κ2) is 7.55. The lowest BCUT2D eigenvalue weighted by molar-refractivity contribution is 0.332. The third kappa shape index (κ3) is 12.2. The maximum absolute atomic E-state index is 10.6. The maximum Gasteiger partial charge on any atom is 0.325 e. The molecule has 6 nitrogen and oxygen atoms in total. The molecule has 1 aliphatic rings. The van der Waals surface area contributed by atoms with Crippen LogP contribution >= 0.6 is 15.9 Å². The standard InChI is InChI=1S/C7H15O3P.H3O3P/c8-11(9,10)6-7-4-2-1-3-5-7;1-4(2)3/h7H,1-6H2,(H2,8,9,10);4H,(H2,1,2,3). The summed E-state index contributed by atoms with van der Waals surface area (Å²) in [5, 5.41) is 0. The number of rotatable bonds is 2. The molecule has 0 atom stereocenters. The Morgan fingerprint density at radius 3 is 1.87 bits per heavy atom. The van der Waals surface area contributed by atoms with Gasteiger partial charge in [-0.1, -0.05) is 19.3 Å². The van der Waals surface area contributed by atoms with E-state index < -0.39 is 15.9 Å². The van der Waals surface area contributed by atoms with Gasteiger partial charge in [0.15, 0.2) is 0 Å². The van der Waals surface area contributed by atoms with Gasteiger partial charge < -0.3 is 19.6 Å². The first-order valence-electron chi connectivity index (χ1n) is 4.77. The monoisotopic (exact) mass is 260 g/mol. The molecule has 1 fully saturated rings. The first-order valence-corrected chi connectivity index (χ1v) is 7.88. The van der Waals surface area contributed by atoms with Crippen LogP contribution in [-0.4, -0.2) is 25.7 Å². The molecule has 1 saturated carbocycles. The molecule has 0 aromatic carbocycles. The second-order valence-corrected chi connectivity index (χ2v) is 5.89. The van der Waals surface area contributed by atoms with Gasteiger partial charge in [-0.2, -0.15) is 0 Å². The summed E-state index contributed by atoms with van der Waals surface area (Å²) < 4.78 is 19.3. The van der Waals surface area contributed by atoms with Gasteiger partial charge in [0.25, 0.3) is 0 Å². The summed E-state index contributed by atoms with van der Waals surface area (Å²) in [6, 6.07) is 0. The van der Waals surface area contributed by atoms with Crippen LogP contribution in [0, 0.1) is 5.92 Å². The van der Waals surface area contributed by atoms with Gasteiger partial charge in [-0.15, -0.1) is 0 Å². The molecule has 0 heterocycles. The molecule has 0 bridgehead atoms. The van der Waals surface area contributed by atoms with Gasteiger partial charge in [-0.05, 0) is 18.8 Å². The van der Waals surface area contributed by atoms with E-state index in [4.69, 9.17) is 24.1 Å². The average Bonchev–Trinajstić information content (AvgIpc) is 2.01. The summed E-state index contributed by atoms with van der Waals surface area (Å²) in [5.41, 5.74) is 0. The Labute approximate surface area is 89.4 Å². The van der Waals surface area contributed by atoms with Crippen LogP contribution in [0.15, 0.2) is 0 Å². The predicted molar refractivity (Wildman–Crippen MR) is 56.9 cm³/mol. The largest absolute Gasteiger partial charge is 0.326 e. The van der Waals surface area contributed by atoms with E-state index in [1.165, 1.54) is 6.42 Å². The summed E-state index contributed by atoms with van der Waals surface area (Å²) in [5.74, 6) is 0.282. The van der Waals surface area contributed by atoms with E-state index in [0.717, 1.165) is 25.7 Å². The second-order valence-electron chi connectivity index (χ2n) is 3.63. The molecular formula is C7H18O6P2. The van der Waals surface area contributed by atoms with Crippen LogP contribution in [0.25, 0.3) is 0 Å². The Balaban J connectivity index is 0.000000423. The lowest BCUT2D eigenvalue weighted by atomic mass is 9.91. The summed E-state index contributed by atoms with van der Waals surface area (Å²) >= 11 is 0. The van der Waals surface area contributed by atoms with Crippen LogP contribution in [0.2, 0.25) is 0 Å². The number of hydrogen-bond acceptors (Lipinski definition) is 2. The molecule has 0 aliphatic heterocycles. The fourth-order valence-corrected chi connectivity index (χ4v) is 2.74. The van der Waals surface area contributed by atoms with Crippen molar-refractivity contribution in [2.24, 2.45) is 5.92 Å². The number of hydrogen-bond donors (Lipinski definition) is 4. The maximum atomic E-state index is 10.6. The zero-order valence-corrected chi connectivity index (χ0v) is 10.3. The highest BCUT2D eigenvalue weighted by atomic mass is 31.2. The fourth-order valence-electron chi connectivity index (χ4n) is 1.71. The minimum atomic E-state index is -3.73. The van der Waals surface area contributed by atoms with E-state index in [2.05, 4.69) is 0 Å². The zero-order chi connectivity index (χ0) is 11.9. The van der Waals surface area contributed by atoms with Crippen LogP contribution in [0.5, 0.6) is 0 Å². The lowest BCUT2D eigenvalue weighted by Crippen LogP contribution is -2.10.